The number of rotatable bonds is 2. The molecule has 0 aromatic rings. The summed E-state index contributed by atoms with van der Waals surface area (Å²) in [5.74, 6) is -0.234. The smallest absolute Gasteiger partial charge is 0.287 e. The van der Waals surface area contributed by atoms with Gasteiger partial charge in [0.2, 0.25) is 5.91 Å². The number of hydrogen-bond acceptors (Lipinski definition) is 3. The van der Waals surface area contributed by atoms with Crippen molar-refractivity contribution < 1.29 is 9.59 Å². The second-order valence-electron chi connectivity index (χ2n) is 5.40. The average molecular weight is 239 g/mol. The summed E-state index contributed by atoms with van der Waals surface area (Å²) in [6.45, 7) is 9.30. The summed E-state index contributed by atoms with van der Waals surface area (Å²) in [4.78, 5) is 25.2. The lowest BCUT2D eigenvalue weighted by Crippen LogP contribution is -2.67. The quantitative estimate of drug-likeness (QED) is 0.774. The Morgan fingerprint density at radius 2 is 1.71 bits per heavy atom. The predicted octanol–water partition coefficient (Wildman–Crippen LogP) is 2.12. The Morgan fingerprint density at radius 3 is 2.06 bits per heavy atom. The average Bonchev–Trinajstić information content (AvgIpc) is 2.16. The number of carbonyl (C=O) groups is 2. The molecule has 1 heterocycles. The normalized spacial score (nSPS) is 20.5. The summed E-state index contributed by atoms with van der Waals surface area (Å²) in [6, 6.07) is -0.495. The first-order chi connectivity index (χ1) is 7.70. The van der Waals surface area contributed by atoms with Gasteiger partial charge in [-0.25, -0.2) is 4.79 Å². The van der Waals surface area contributed by atoms with E-state index in [1.54, 1.807) is 0 Å². The number of nitrogens with zero attached hydrogens (tertiary/aromatic N) is 1. The van der Waals surface area contributed by atoms with Gasteiger partial charge in [-0.3, -0.25) is 20.4 Å². The summed E-state index contributed by atoms with van der Waals surface area (Å²) < 4.78 is 0. The van der Waals surface area contributed by atoms with E-state index in [1.807, 2.05) is 34.6 Å². The van der Waals surface area contributed by atoms with Crippen molar-refractivity contribution in [2.45, 2.75) is 53.0 Å². The van der Waals surface area contributed by atoms with Crippen molar-refractivity contribution in [1.29, 1.82) is 5.41 Å². The van der Waals surface area contributed by atoms with Crippen molar-refractivity contribution in [3.8, 4) is 0 Å². The summed E-state index contributed by atoms with van der Waals surface area (Å²) >= 11 is 0. The maximum atomic E-state index is 12.0. The molecule has 0 radical (unpaired) electrons. The Morgan fingerprint density at radius 1 is 1.24 bits per heavy atom. The fraction of sp³-hybridized carbons (Fsp3) is 0.750. The van der Waals surface area contributed by atoms with Crippen LogP contribution >= 0.6 is 0 Å². The predicted molar refractivity (Wildman–Crippen MR) is 65.9 cm³/mol. The molecule has 0 unspecified atom stereocenters. The molecule has 96 valence electrons. The zero-order chi connectivity index (χ0) is 13.4. The first kappa shape index (κ1) is 13.7. The first-order valence-corrected chi connectivity index (χ1v) is 5.95. The van der Waals surface area contributed by atoms with Crippen LogP contribution < -0.4 is 5.32 Å². The molecule has 1 fully saturated rings. The van der Waals surface area contributed by atoms with Crippen molar-refractivity contribution in [3.63, 3.8) is 0 Å². The van der Waals surface area contributed by atoms with Gasteiger partial charge >= 0.3 is 6.03 Å². The van der Waals surface area contributed by atoms with Gasteiger partial charge in [0.15, 0.2) is 0 Å². The summed E-state index contributed by atoms with van der Waals surface area (Å²) in [7, 11) is 0. The Labute approximate surface area is 102 Å². The van der Waals surface area contributed by atoms with Gasteiger partial charge in [0, 0.05) is 5.54 Å². The second-order valence-corrected chi connectivity index (χ2v) is 5.40. The van der Waals surface area contributed by atoms with Gasteiger partial charge in [-0.05, 0) is 33.6 Å². The van der Waals surface area contributed by atoms with Crippen LogP contribution in [0.4, 0.5) is 4.79 Å². The van der Waals surface area contributed by atoms with Crippen LogP contribution in [0.25, 0.3) is 0 Å². The molecule has 0 aliphatic carbocycles. The van der Waals surface area contributed by atoms with Crippen molar-refractivity contribution >= 4 is 17.8 Å². The maximum Gasteiger partial charge on any atom is 0.329 e. The maximum absolute atomic E-state index is 12.0. The Hall–Kier alpha value is -1.39. The van der Waals surface area contributed by atoms with Gasteiger partial charge in [-0.15, -0.1) is 0 Å². The third-order valence-electron chi connectivity index (χ3n) is 3.41. The fourth-order valence-electron chi connectivity index (χ4n) is 2.24. The molecule has 2 N–H and O–H groups in total. The van der Waals surface area contributed by atoms with E-state index in [0.717, 1.165) is 0 Å². The molecular weight excluding hydrogens is 218 g/mol. The van der Waals surface area contributed by atoms with E-state index < -0.39 is 17.0 Å². The molecule has 1 saturated heterocycles. The molecule has 0 atom stereocenters. The minimum absolute atomic E-state index is 0.115. The van der Waals surface area contributed by atoms with E-state index in [4.69, 9.17) is 5.41 Å². The number of urea groups is 1. The highest BCUT2D eigenvalue weighted by Crippen LogP contribution is 2.35. The highest BCUT2D eigenvalue weighted by atomic mass is 16.2. The number of amidine groups is 1. The molecule has 1 aliphatic heterocycles. The molecule has 17 heavy (non-hydrogen) atoms. The highest BCUT2D eigenvalue weighted by Gasteiger charge is 2.51. The van der Waals surface area contributed by atoms with Crippen LogP contribution in [0.1, 0.15) is 47.5 Å². The lowest BCUT2D eigenvalue weighted by Gasteiger charge is -2.46. The lowest BCUT2D eigenvalue weighted by molar-refractivity contribution is -0.128. The van der Waals surface area contributed by atoms with Crippen molar-refractivity contribution in [2.75, 3.05) is 0 Å². The summed E-state index contributed by atoms with van der Waals surface area (Å²) in [6.07, 6.45) is 1.04. The van der Waals surface area contributed by atoms with Crippen LogP contribution in [0.3, 0.4) is 0 Å². The zero-order valence-corrected chi connectivity index (χ0v) is 11.2. The van der Waals surface area contributed by atoms with Crippen LogP contribution in [0.2, 0.25) is 0 Å². The lowest BCUT2D eigenvalue weighted by atomic mass is 9.77. The molecule has 0 saturated carbocycles. The second kappa shape index (κ2) is 4.13. The molecule has 0 bridgehead atoms. The fourth-order valence-corrected chi connectivity index (χ4v) is 2.24. The number of hydrogen-bond donors (Lipinski definition) is 2. The van der Waals surface area contributed by atoms with E-state index in [9.17, 15) is 9.59 Å². The molecule has 1 rings (SSSR count). The topological polar surface area (TPSA) is 73.3 Å². The summed E-state index contributed by atoms with van der Waals surface area (Å²) in [5.41, 5.74) is -1.38. The number of nitrogens with one attached hydrogen (secondary N) is 2. The monoisotopic (exact) mass is 239 g/mol. The molecule has 0 spiro atoms. The van der Waals surface area contributed by atoms with Crippen LogP contribution in [0, 0.1) is 10.8 Å². The van der Waals surface area contributed by atoms with Crippen molar-refractivity contribution in [3.05, 3.63) is 0 Å². The van der Waals surface area contributed by atoms with Gasteiger partial charge < -0.3 is 0 Å². The molecule has 5 nitrogen and oxygen atoms in total. The minimum atomic E-state index is -0.874. The molecule has 0 aromatic carbocycles. The Bertz CT molecular complexity index is 364. The van der Waals surface area contributed by atoms with E-state index in [0.29, 0.717) is 12.8 Å². The van der Waals surface area contributed by atoms with Crippen LogP contribution in [0.15, 0.2) is 0 Å². The van der Waals surface area contributed by atoms with E-state index in [2.05, 4.69) is 5.32 Å². The summed E-state index contributed by atoms with van der Waals surface area (Å²) in [5, 5.41) is 10.6. The van der Waals surface area contributed by atoms with E-state index in [-0.39, 0.29) is 11.7 Å². The Kier molecular flexibility index (Phi) is 3.32. The van der Waals surface area contributed by atoms with Crippen LogP contribution in [-0.2, 0) is 4.79 Å². The van der Waals surface area contributed by atoms with Crippen molar-refractivity contribution in [1.82, 2.24) is 10.2 Å². The molecule has 0 aromatic heterocycles. The van der Waals surface area contributed by atoms with Crippen molar-refractivity contribution in [2.24, 2.45) is 5.41 Å². The zero-order valence-electron chi connectivity index (χ0n) is 11.2. The Balaban J connectivity index is 3.26. The third-order valence-corrected chi connectivity index (χ3v) is 3.41. The van der Waals surface area contributed by atoms with Gasteiger partial charge in [0.1, 0.15) is 11.3 Å². The number of carbonyl (C=O) groups excluding carboxylic acids is 2. The first-order valence-electron chi connectivity index (χ1n) is 5.95. The standard InChI is InChI=1S/C12H21N3O2/c1-6-12(7-2)8(13)15(11(3,4)5)10(17)14-9(12)16/h13H,6-7H2,1-5H3,(H,14,16,17). The molecule has 3 amide bonds. The van der Waals surface area contributed by atoms with Crippen LogP contribution in [0.5, 0.6) is 0 Å². The molecular formula is C12H21N3O2. The van der Waals surface area contributed by atoms with Crippen LogP contribution in [-0.4, -0.2) is 28.2 Å². The molecule has 1 aliphatic rings. The van der Waals surface area contributed by atoms with Gasteiger partial charge in [-0.2, -0.15) is 0 Å². The number of amides is 3. The van der Waals surface area contributed by atoms with Gasteiger partial charge in [0.05, 0.1) is 0 Å². The SMILES string of the molecule is CCC1(CC)C(=N)N(C(C)(C)C)C(=O)NC1=O. The third kappa shape index (κ3) is 1.94. The van der Waals surface area contributed by atoms with E-state index >= 15 is 0 Å². The van der Waals surface area contributed by atoms with Gasteiger partial charge in [-0.1, -0.05) is 13.8 Å². The van der Waals surface area contributed by atoms with E-state index in [1.165, 1.54) is 4.90 Å². The molecule has 5 heteroatoms. The largest absolute Gasteiger partial charge is 0.329 e. The minimum Gasteiger partial charge on any atom is -0.287 e. The highest BCUT2D eigenvalue weighted by molar-refractivity contribution is 6.20. The number of imide groups is 1. The van der Waals surface area contributed by atoms with Gasteiger partial charge in [0.25, 0.3) is 0 Å².